The van der Waals surface area contributed by atoms with Gasteiger partial charge in [-0.3, -0.25) is 14.9 Å². The second-order valence-corrected chi connectivity index (χ2v) is 5.02. The zero-order valence-electron chi connectivity index (χ0n) is 12.2. The van der Waals surface area contributed by atoms with Crippen molar-refractivity contribution < 1.29 is 9.72 Å². The molecule has 110 valence electrons. The van der Waals surface area contributed by atoms with Gasteiger partial charge in [0.1, 0.15) is 0 Å². The van der Waals surface area contributed by atoms with E-state index < -0.39 is 6.04 Å². The number of nitrogens with one attached hydrogen (secondary N) is 1. The molecule has 1 rings (SSSR count). The molecule has 0 aromatic heterocycles. The molecular formula is C15H22N2O3. The number of Topliss-reactive ketones (excluding diaryl/α,β-unsaturated/α-hetero) is 1. The number of benzene rings is 1. The molecule has 0 aliphatic carbocycles. The molecule has 1 N–H and O–H groups in total. The summed E-state index contributed by atoms with van der Waals surface area (Å²) in [5.74, 6) is -0.215. The number of carbonyl (C=O) groups is 1. The van der Waals surface area contributed by atoms with Crippen molar-refractivity contribution in [1.29, 1.82) is 0 Å². The van der Waals surface area contributed by atoms with Gasteiger partial charge in [-0.1, -0.05) is 44.2 Å². The van der Waals surface area contributed by atoms with Crippen molar-refractivity contribution in [2.75, 3.05) is 7.05 Å². The molecule has 5 heteroatoms. The van der Waals surface area contributed by atoms with E-state index in [0.717, 1.165) is 0 Å². The first kappa shape index (κ1) is 16.3. The van der Waals surface area contributed by atoms with E-state index in [9.17, 15) is 14.9 Å². The van der Waals surface area contributed by atoms with E-state index in [2.05, 4.69) is 5.32 Å². The van der Waals surface area contributed by atoms with Crippen LogP contribution in [0.1, 0.15) is 37.0 Å². The van der Waals surface area contributed by atoms with Crippen LogP contribution in [0.5, 0.6) is 0 Å². The van der Waals surface area contributed by atoms with Crippen LogP contribution in [0.25, 0.3) is 0 Å². The zero-order chi connectivity index (χ0) is 15.1. The highest BCUT2D eigenvalue weighted by Gasteiger charge is 2.31. The second-order valence-electron chi connectivity index (χ2n) is 5.02. The number of hydrogen-bond acceptors (Lipinski definition) is 4. The number of hydrogen-bond donors (Lipinski definition) is 1. The molecule has 5 nitrogen and oxygen atoms in total. The van der Waals surface area contributed by atoms with Gasteiger partial charge >= 0.3 is 0 Å². The zero-order valence-corrected chi connectivity index (χ0v) is 12.2. The number of likely N-dealkylation sites (N-methyl/N-ethyl adjacent to an activating group) is 1. The number of rotatable bonds is 8. The van der Waals surface area contributed by atoms with Crippen LogP contribution in [-0.4, -0.2) is 29.8 Å². The number of nitro groups is 1. The van der Waals surface area contributed by atoms with Gasteiger partial charge in [-0.05, 0) is 13.5 Å². The van der Waals surface area contributed by atoms with Crippen molar-refractivity contribution >= 4 is 5.78 Å². The van der Waals surface area contributed by atoms with E-state index in [-0.39, 0.29) is 22.7 Å². The minimum absolute atomic E-state index is 0.0315. The Morgan fingerprint density at radius 3 is 2.40 bits per heavy atom. The third-order valence-corrected chi connectivity index (χ3v) is 3.64. The molecule has 0 radical (unpaired) electrons. The lowest BCUT2D eigenvalue weighted by atomic mass is 9.89. The first-order chi connectivity index (χ1) is 9.51. The fourth-order valence-corrected chi connectivity index (χ4v) is 2.42. The Morgan fingerprint density at radius 1 is 1.35 bits per heavy atom. The van der Waals surface area contributed by atoms with Crippen LogP contribution < -0.4 is 5.32 Å². The minimum Gasteiger partial charge on any atom is -0.311 e. The van der Waals surface area contributed by atoms with Crippen molar-refractivity contribution in [1.82, 2.24) is 5.32 Å². The van der Waals surface area contributed by atoms with Gasteiger partial charge in [-0.2, -0.15) is 0 Å². The molecule has 20 heavy (non-hydrogen) atoms. The van der Waals surface area contributed by atoms with E-state index in [4.69, 9.17) is 0 Å². The lowest BCUT2D eigenvalue weighted by Gasteiger charge is -2.22. The van der Waals surface area contributed by atoms with Crippen molar-refractivity contribution in [2.45, 2.75) is 38.8 Å². The fourth-order valence-electron chi connectivity index (χ4n) is 2.42. The quantitative estimate of drug-likeness (QED) is 0.450. The third kappa shape index (κ3) is 4.13. The van der Waals surface area contributed by atoms with Gasteiger partial charge in [-0.25, -0.2) is 0 Å². The smallest absolute Gasteiger partial charge is 0.227 e. The maximum absolute atomic E-state index is 12.3. The molecular weight excluding hydrogens is 256 g/mol. The summed E-state index contributed by atoms with van der Waals surface area (Å²) in [7, 11) is 1.70. The van der Waals surface area contributed by atoms with Gasteiger partial charge in [0.05, 0.1) is 6.04 Å². The summed E-state index contributed by atoms with van der Waals surface area (Å²) < 4.78 is 0. The summed E-state index contributed by atoms with van der Waals surface area (Å²) >= 11 is 0. The Labute approximate surface area is 119 Å². The Hall–Kier alpha value is -1.75. The molecule has 1 aromatic carbocycles. The monoisotopic (exact) mass is 278 g/mol. The van der Waals surface area contributed by atoms with E-state index in [0.29, 0.717) is 18.4 Å². The topological polar surface area (TPSA) is 72.2 Å². The van der Waals surface area contributed by atoms with Crippen molar-refractivity contribution in [3.05, 3.63) is 46.0 Å². The number of carbonyl (C=O) groups excluding carboxylic acids is 1. The Morgan fingerprint density at radius 2 is 1.95 bits per heavy atom. The van der Waals surface area contributed by atoms with Gasteiger partial charge in [0, 0.05) is 22.8 Å². The second kappa shape index (κ2) is 7.75. The van der Waals surface area contributed by atoms with Gasteiger partial charge in [0.25, 0.3) is 0 Å². The lowest BCUT2D eigenvalue weighted by Crippen LogP contribution is -2.43. The van der Waals surface area contributed by atoms with E-state index in [1.165, 1.54) is 0 Å². The predicted octanol–water partition coefficient (Wildman–Crippen LogP) is 2.54. The molecule has 0 bridgehead atoms. The summed E-state index contributed by atoms with van der Waals surface area (Å²) in [4.78, 5) is 23.0. The van der Waals surface area contributed by atoms with Crippen LogP contribution in [-0.2, 0) is 0 Å². The van der Waals surface area contributed by atoms with E-state index >= 15 is 0 Å². The lowest BCUT2D eigenvalue weighted by molar-refractivity contribution is -0.527. The highest BCUT2D eigenvalue weighted by Crippen LogP contribution is 2.17. The van der Waals surface area contributed by atoms with Crippen LogP contribution in [0.15, 0.2) is 30.3 Å². The van der Waals surface area contributed by atoms with Crippen LogP contribution >= 0.6 is 0 Å². The summed E-state index contributed by atoms with van der Waals surface area (Å²) in [6.45, 7) is 3.62. The molecule has 0 fully saturated rings. The minimum atomic E-state index is -0.661. The standard InChI is InChI=1S/C15H22N2O3/c1-4-14(17(19)20)13(16-3)10-11(2)15(18)12-8-6-5-7-9-12/h5-9,11,13-14,16H,4,10H2,1-3H3. The number of nitrogens with zero attached hydrogens (tertiary/aromatic N) is 1. The van der Waals surface area contributed by atoms with E-state index in [1.54, 1.807) is 26.1 Å². The summed E-state index contributed by atoms with van der Waals surface area (Å²) in [5.41, 5.74) is 0.656. The van der Waals surface area contributed by atoms with Gasteiger partial charge in [0.15, 0.2) is 5.78 Å². The first-order valence-electron chi connectivity index (χ1n) is 6.91. The maximum Gasteiger partial charge on any atom is 0.227 e. The predicted molar refractivity (Wildman–Crippen MR) is 78.5 cm³/mol. The molecule has 0 amide bonds. The van der Waals surface area contributed by atoms with Crippen molar-refractivity contribution in [3.63, 3.8) is 0 Å². The van der Waals surface area contributed by atoms with Gasteiger partial charge in [-0.15, -0.1) is 0 Å². The van der Waals surface area contributed by atoms with Gasteiger partial charge < -0.3 is 5.32 Å². The van der Waals surface area contributed by atoms with Crippen LogP contribution in [0.4, 0.5) is 0 Å². The molecule has 0 heterocycles. The fraction of sp³-hybridized carbons (Fsp3) is 0.533. The molecule has 0 saturated heterocycles. The maximum atomic E-state index is 12.3. The highest BCUT2D eigenvalue weighted by molar-refractivity contribution is 5.97. The van der Waals surface area contributed by atoms with Crippen molar-refractivity contribution in [2.24, 2.45) is 5.92 Å². The summed E-state index contributed by atoms with van der Waals surface area (Å²) in [5, 5.41) is 14.0. The normalized spacial score (nSPS) is 15.3. The van der Waals surface area contributed by atoms with Crippen LogP contribution in [0.2, 0.25) is 0 Å². The Kier molecular flexibility index (Phi) is 6.31. The molecule has 0 saturated carbocycles. The summed E-state index contributed by atoms with van der Waals surface area (Å²) in [6, 6.07) is 8.10. The Balaban J connectivity index is 2.74. The van der Waals surface area contributed by atoms with Gasteiger partial charge in [0.2, 0.25) is 6.04 Å². The largest absolute Gasteiger partial charge is 0.311 e. The third-order valence-electron chi connectivity index (χ3n) is 3.64. The molecule has 3 unspecified atom stereocenters. The van der Waals surface area contributed by atoms with Crippen LogP contribution in [0.3, 0.4) is 0 Å². The highest BCUT2D eigenvalue weighted by atomic mass is 16.6. The van der Waals surface area contributed by atoms with E-state index in [1.807, 2.05) is 25.1 Å². The summed E-state index contributed by atoms with van der Waals surface area (Å²) in [6.07, 6.45) is 0.911. The SMILES string of the molecule is CCC(C(CC(C)C(=O)c1ccccc1)NC)[N+](=O)[O-]. The average Bonchev–Trinajstić information content (AvgIpc) is 2.46. The molecule has 0 aliphatic heterocycles. The molecule has 0 aliphatic rings. The molecule has 0 spiro atoms. The van der Waals surface area contributed by atoms with Crippen molar-refractivity contribution in [3.8, 4) is 0 Å². The molecule has 1 aromatic rings. The van der Waals surface area contributed by atoms with Crippen LogP contribution in [0, 0.1) is 16.0 Å². The number of ketones is 1. The first-order valence-corrected chi connectivity index (χ1v) is 6.91. The average molecular weight is 278 g/mol. The Bertz CT molecular complexity index is 448. The molecule has 3 atom stereocenters.